The van der Waals surface area contributed by atoms with Crippen LogP contribution in [-0.2, 0) is 5.33 Å². The fraction of sp³-hybridized carbons (Fsp3) is 0.200. The van der Waals surface area contributed by atoms with Crippen LogP contribution in [0.1, 0.15) is 16.7 Å². The van der Waals surface area contributed by atoms with Gasteiger partial charge < -0.3 is 4.74 Å². The van der Waals surface area contributed by atoms with Crippen molar-refractivity contribution in [1.29, 1.82) is 0 Å². The van der Waals surface area contributed by atoms with Crippen LogP contribution in [-0.4, -0.2) is 4.92 Å². The Labute approximate surface area is 125 Å². The van der Waals surface area contributed by atoms with Gasteiger partial charge in [0.05, 0.1) is 4.92 Å². The minimum absolute atomic E-state index is 0.0298. The molecule has 0 spiro atoms. The van der Waals surface area contributed by atoms with Crippen LogP contribution in [0.5, 0.6) is 11.5 Å². The van der Waals surface area contributed by atoms with Crippen molar-refractivity contribution in [3.05, 3.63) is 63.2 Å². The zero-order valence-corrected chi connectivity index (χ0v) is 12.8. The summed E-state index contributed by atoms with van der Waals surface area (Å²) in [6.07, 6.45) is 0. The van der Waals surface area contributed by atoms with Crippen molar-refractivity contribution in [3.63, 3.8) is 0 Å². The second-order valence-electron chi connectivity index (χ2n) is 4.55. The van der Waals surface area contributed by atoms with E-state index in [-0.39, 0.29) is 11.4 Å². The molecule has 0 bridgehead atoms. The molecule has 4 nitrogen and oxygen atoms in total. The maximum absolute atomic E-state index is 11.0. The number of nitro groups is 1. The Bertz CT molecular complexity index is 656. The third-order valence-electron chi connectivity index (χ3n) is 3.00. The largest absolute Gasteiger partial charge is 0.450 e. The Morgan fingerprint density at radius 1 is 1.20 bits per heavy atom. The predicted molar refractivity (Wildman–Crippen MR) is 81.7 cm³/mol. The number of rotatable bonds is 4. The van der Waals surface area contributed by atoms with Crippen molar-refractivity contribution >= 4 is 21.6 Å². The lowest BCUT2D eigenvalue weighted by atomic mass is 10.1. The number of hydrogen-bond acceptors (Lipinski definition) is 3. The first-order chi connectivity index (χ1) is 9.51. The first kappa shape index (κ1) is 14.5. The normalized spacial score (nSPS) is 10.3. The highest BCUT2D eigenvalue weighted by molar-refractivity contribution is 9.08. The van der Waals surface area contributed by atoms with Crippen LogP contribution in [0.25, 0.3) is 0 Å². The first-order valence-electron chi connectivity index (χ1n) is 6.09. The summed E-state index contributed by atoms with van der Waals surface area (Å²) in [6, 6.07) is 10.5. The number of aryl methyl sites for hydroxylation is 2. The van der Waals surface area contributed by atoms with Gasteiger partial charge in [-0.2, -0.15) is 0 Å². The molecule has 0 fully saturated rings. The van der Waals surface area contributed by atoms with Crippen molar-refractivity contribution in [1.82, 2.24) is 0 Å². The van der Waals surface area contributed by atoms with E-state index in [9.17, 15) is 10.1 Å². The van der Waals surface area contributed by atoms with Gasteiger partial charge in [-0.25, -0.2) is 0 Å². The van der Waals surface area contributed by atoms with Crippen LogP contribution >= 0.6 is 15.9 Å². The number of ether oxygens (including phenoxy) is 1. The van der Waals surface area contributed by atoms with Crippen LogP contribution in [0.2, 0.25) is 0 Å². The summed E-state index contributed by atoms with van der Waals surface area (Å²) in [5, 5.41) is 11.8. The SMILES string of the molecule is Cc1ccc([N+](=O)[O-])c(Oc2ccc(CBr)c(C)c2)c1. The molecule has 0 amide bonds. The van der Waals surface area contributed by atoms with E-state index in [0.717, 1.165) is 22.0 Å². The Kier molecular flexibility index (Phi) is 4.39. The predicted octanol–water partition coefficient (Wildman–Crippen LogP) is 4.90. The molecule has 2 aromatic carbocycles. The maximum atomic E-state index is 11.0. The molecule has 0 unspecified atom stereocenters. The van der Waals surface area contributed by atoms with Gasteiger partial charge in [0.15, 0.2) is 0 Å². The van der Waals surface area contributed by atoms with Gasteiger partial charge in [0.1, 0.15) is 5.75 Å². The van der Waals surface area contributed by atoms with Crippen molar-refractivity contribution in [2.24, 2.45) is 0 Å². The lowest BCUT2D eigenvalue weighted by Crippen LogP contribution is -1.95. The highest BCUT2D eigenvalue weighted by Gasteiger charge is 2.15. The molecule has 2 rings (SSSR count). The van der Waals surface area contributed by atoms with Gasteiger partial charge in [-0.05, 0) is 48.7 Å². The summed E-state index contributed by atoms with van der Waals surface area (Å²) >= 11 is 3.41. The smallest absolute Gasteiger partial charge is 0.311 e. The topological polar surface area (TPSA) is 52.4 Å². The highest BCUT2D eigenvalue weighted by atomic mass is 79.9. The fourth-order valence-corrected chi connectivity index (χ4v) is 2.49. The molecule has 104 valence electrons. The number of benzene rings is 2. The number of hydrogen-bond donors (Lipinski definition) is 0. The van der Waals surface area contributed by atoms with Crippen molar-refractivity contribution < 1.29 is 9.66 Å². The molecule has 0 aromatic heterocycles. The standard InChI is InChI=1S/C15H14BrNO3/c1-10-3-6-14(17(18)19)15(7-10)20-13-5-4-12(9-16)11(2)8-13/h3-8H,9H2,1-2H3. The Morgan fingerprint density at radius 3 is 2.55 bits per heavy atom. The van der Waals surface area contributed by atoms with Gasteiger partial charge >= 0.3 is 5.69 Å². The zero-order chi connectivity index (χ0) is 14.7. The monoisotopic (exact) mass is 335 g/mol. The average molecular weight is 336 g/mol. The summed E-state index contributed by atoms with van der Waals surface area (Å²) in [4.78, 5) is 10.6. The molecule has 0 radical (unpaired) electrons. The molecule has 0 aliphatic heterocycles. The Morgan fingerprint density at radius 2 is 1.95 bits per heavy atom. The highest BCUT2D eigenvalue weighted by Crippen LogP contribution is 2.33. The summed E-state index contributed by atoms with van der Waals surface area (Å²) in [7, 11) is 0. The summed E-state index contributed by atoms with van der Waals surface area (Å²) in [5.74, 6) is 0.863. The lowest BCUT2D eigenvalue weighted by molar-refractivity contribution is -0.385. The molecule has 20 heavy (non-hydrogen) atoms. The van der Waals surface area contributed by atoms with Gasteiger partial charge in [0.25, 0.3) is 0 Å². The van der Waals surface area contributed by atoms with Gasteiger partial charge in [0, 0.05) is 11.4 Å². The van der Waals surface area contributed by atoms with E-state index in [2.05, 4.69) is 15.9 Å². The third kappa shape index (κ3) is 3.17. The third-order valence-corrected chi connectivity index (χ3v) is 3.60. The molecule has 0 heterocycles. The van der Waals surface area contributed by atoms with E-state index in [1.807, 2.05) is 32.0 Å². The fourth-order valence-electron chi connectivity index (χ4n) is 1.86. The van der Waals surface area contributed by atoms with Gasteiger partial charge in [-0.1, -0.05) is 28.1 Å². The van der Waals surface area contributed by atoms with E-state index in [0.29, 0.717) is 5.75 Å². The van der Waals surface area contributed by atoms with E-state index in [1.54, 1.807) is 12.1 Å². The summed E-state index contributed by atoms with van der Waals surface area (Å²) in [6.45, 7) is 3.85. The van der Waals surface area contributed by atoms with Crippen molar-refractivity contribution in [2.45, 2.75) is 19.2 Å². The minimum Gasteiger partial charge on any atom is -0.450 e. The van der Waals surface area contributed by atoms with Crippen LogP contribution in [0.3, 0.4) is 0 Å². The average Bonchev–Trinajstić information content (AvgIpc) is 2.38. The van der Waals surface area contributed by atoms with Crippen LogP contribution in [0.15, 0.2) is 36.4 Å². The second-order valence-corrected chi connectivity index (χ2v) is 5.11. The molecule has 0 atom stereocenters. The molecule has 0 aliphatic carbocycles. The summed E-state index contributed by atoms with van der Waals surface area (Å²) in [5.41, 5.74) is 3.13. The van der Waals surface area contributed by atoms with E-state index < -0.39 is 4.92 Å². The van der Waals surface area contributed by atoms with Crippen LogP contribution in [0.4, 0.5) is 5.69 Å². The number of alkyl halides is 1. The van der Waals surface area contributed by atoms with Gasteiger partial charge in [-0.15, -0.1) is 0 Å². The maximum Gasteiger partial charge on any atom is 0.311 e. The van der Waals surface area contributed by atoms with Gasteiger partial charge in [0.2, 0.25) is 5.75 Å². The number of halogens is 1. The molecule has 0 N–H and O–H groups in total. The molecule has 0 saturated carbocycles. The number of nitrogens with zero attached hydrogens (tertiary/aromatic N) is 1. The Hall–Kier alpha value is -1.88. The molecule has 0 aliphatic rings. The van der Waals surface area contributed by atoms with Crippen LogP contribution in [0, 0.1) is 24.0 Å². The lowest BCUT2D eigenvalue weighted by Gasteiger charge is -2.09. The molecule has 0 saturated heterocycles. The van der Waals surface area contributed by atoms with Crippen molar-refractivity contribution in [2.75, 3.05) is 0 Å². The first-order valence-corrected chi connectivity index (χ1v) is 7.22. The number of nitro benzene ring substituents is 1. The van der Waals surface area contributed by atoms with E-state index >= 15 is 0 Å². The Balaban J connectivity index is 2.36. The summed E-state index contributed by atoms with van der Waals surface area (Å²) < 4.78 is 5.67. The minimum atomic E-state index is -0.436. The molecule has 5 heteroatoms. The molecule has 2 aromatic rings. The van der Waals surface area contributed by atoms with Crippen LogP contribution < -0.4 is 4.74 Å². The molecular weight excluding hydrogens is 322 g/mol. The van der Waals surface area contributed by atoms with E-state index in [4.69, 9.17) is 4.74 Å². The van der Waals surface area contributed by atoms with Crippen molar-refractivity contribution in [3.8, 4) is 11.5 Å². The zero-order valence-electron chi connectivity index (χ0n) is 11.2. The second kappa shape index (κ2) is 6.05. The van der Waals surface area contributed by atoms with E-state index in [1.165, 1.54) is 6.07 Å². The van der Waals surface area contributed by atoms with Gasteiger partial charge in [-0.3, -0.25) is 10.1 Å². The molecular formula is C15H14BrNO3. The quantitative estimate of drug-likeness (QED) is 0.453.